The van der Waals surface area contributed by atoms with Gasteiger partial charge >= 0.3 is 109 Å². The molecule has 0 aliphatic rings. The SMILES string of the molecule is Cc1c(CC(C)C)sc2nc(C(=O)O)[nH]c(=O)c12.O.[H-].[H-].[K+].[K+]. The summed E-state index contributed by atoms with van der Waals surface area (Å²) in [6.45, 7) is 6.09. The summed E-state index contributed by atoms with van der Waals surface area (Å²) in [5.41, 5.74) is 0.538. The second-order valence-electron chi connectivity index (χ2n) is 4.65. The van der Waals surface area contributed by atoms with E-state index in [0.29, 0.717) is 16.1 Å². The van der Waals surface area contributed by atoms with Crippen LogP contribution in [-0.2, 0) is 6.42 Å². The number of aromatic nitrogens is 2. The van der Waals surface area contributed by atoms with Crippen molar-refractivity contribution in [2.24, 2.45) is 5.92 Å². The molecule has 108 valence electrons. The van der Waals surface area contributed by atoms with E-state index in [9.17, 15) is 9.59 Å². The number of rotatable bonds is 3. The van der Waals surface area contributed by atoms with Crippen LogP contribution >= 0.6 is 11.3 Å². The Morgan fingerprint density at radius 1 is 1.43 bits per heavy atom. The monoisotopic (exact) mass is 364 g/mol. The molecule has 0 atom stereocenters. The first-order chi connectivity index (χ1) is 8.40. The predicted molar refractivity (Wildman–Crippen MR) is 76.3 cm³/mol. The first-order valence-electron chi connectivity index (χ1n) is 5.65. The van der Waals surface area contributed by atoms with Gasteiger partial charge in [-0.05, 0) is 24.8 Å². The van der Waals surface area contributed by atoms with Gasteiger partial charge in [0.2, 0.25) is 5.82 Å². The van der Waals surface area contributed by atoms with E-state index in [4.69, 9.17) is 5.11 Å². The molecule has 2 aromatic heterocycles. The zero-order chi connectivity index (χ0) is 13.4. The summed E-state index contributed by atoms with van der Waals surface area (Å²) in [7, 11) is 0. The van der Waals surface area contributed by atoms with E-state index in [-0.39, 0.29) is 122 Å². The summed E-state index contributed by atoms with van der Waals surface area (Å²) in [5, 5.41) is 9.38. The van der Waals surface area contributed by atoms with Crippen molar-refractivity contribution >= 4 is 27.5 Å². The van der Waals surface area contributed by atoms with Crippen LogP contribution in [0.3, 0.4) is 0 Å². The summed E-state index contributed by atoms with van der Waals surface area (Å²) in [6.07, 6.45) is 0.870. The molecule has 0 unspecified atom stereocenters. The molecule has 0 amide bonds. The number of aryl methyl sites for hydroxylation is 1. The average molecular weight is 365 g/mol. The molecule has 0 aromatic carbocycles. The van der Waals surface area contributed by atoms with Gasteiger partial charge in [-0.1, -0.05) is 13.8 Å². The quantitative estimate of drug-likeness (QED) is 0.535. The van der Waals surface area contributed by atoms with Gasteiger partial charge in [0.1, 0.15) is 4.83 Å². The number of carboxylic acid groups (broad SMARTS) is 1. The molecule has 2 rings (SSSR count). The normalized spacial score (nSPS) is 9.71. The standard InChI is InChI=1S/C12H14N2O3S.2K.H2O.2H/c1-5(2)4-7-6(3)8-10(15)13-9(12(16)17)14-11(8)18-7;;;;;/h5H,4H2,1-3H3,(H,16,17)(H,13,14,15);;;1H2;;/q;2*+1;;2*-1. The number of aromatic amines is 1. The van der Waals surface area contributed by atoms with Gasteiger partial charge in [-0.2, -0.15) is 0 Å². The van der Waals surface area contributed by atoms with Crippen LogP contribution in [0.4, 0.5) is 0 Å². The zero-order valence-corrected chi connectivity index (χ0v) is 20.0. The molecule has 0 saturated heterocycles. The smallest absolute Gasteiger partial charge is 1.00 e. The largest absolute Gasteiger partial charge is 1.00 e. The number of nitrogens with zero attached hydrogens (tertiary/aromatic N) is 1. The molecule has 0 aliphatic heterocycles. The van der Waals surface area contributed by atoms with Crippen molar-refractivity contribution in [1.82, 2.24) is 9.97 Å². The number of hydrogen-bond acceptors (Lipinski definition) is 4. The van der Waals surface area contributed by atoms with Crippen molar-refractivity contribution in [3.05, 3.63) is 26.6 Å². The predicted octanol–water partition coefficient (Wildman–Crippen LogP) is -4.40. The maximum absolute atomic E-state index is 11.9. The minimum Gasteiger partial charge on any atom is -1.00 e. The Hall–Kier alpha value is 1.54. The van der Waals surface area contributed by atoms with E-state index in [1.165, 1.54) is 11.3 Å². The Labute approximate surface area is 214 Å². The zero-order valence-electron chi connectivity index (χ0n) is 14.9. The molecule has 9 heteroatoms. The van der Waals surface area contributed by atoms with E-state index in [1.54, 1.807) is 0 Å². The van der Waals surface area contributed by atoms with Gasteiger partial charge in [0.05, 0.1) is 5.39 Å². The van der Waals surface area contributed by atoms with E-state index >= 15 is 0 Å². The van der Waals surface area contributed by atoms with Crippen LogP contribution in [-0.4, -0.2) is 26.5 Å². The van der Waals surface area contributed by atoms with E-state index < -0.39 is 5.97 Å². The fourth-order valence-corrected chi connectivity index (χ4v) is 3.25. The average Bonchev–Trinajstić information content (AvgIpc) is 2.55. The Kier molecular flexibility index (Phi) is 12.3. The van der Waals surface area contributed by atoms with Crippen molar-refractivity contribution < 1.29 is 121 Å². The second kappa shape index (κ2) is 10.4. The van der Waals surface area contributed by atoms with Crippen molar-refractivity contribution in [3.63, 3.8) is 0 Å². The van der Waals surface area contributed by atoms with Crippen LogP contribution in [0, 0.1) is 12.8 Å². The van der Waals surface area contributed by atoms with E-state index in [0.717, 1.165) is 16.9 Å². The minimum atomic E-state index is -1.22. The van der Waals surface area contributed by atoms with Crippen LogP contribution in [0.25, 0.3) is 10.2 Å². The van der Waals surface area contributed by atoms with Crippen LogP contribution in [0.5, 0.6) is 0 Å². The van der Waals surface area contributed by atoms with Crippen LogP contribution < -0.4 is 108 Å². The Balaban J connectivity index is -0.000000361. The number of carbonyl (C=O) groups is 1. The third-order valence-corrected chi connectivity index (χ3v) is 3.90. The molecule has 0 radical (unpaired) electrons. The van der Waals surface area contributed by atoms with Gasteiger partial charge in [0.25, 0.3) is 5.56 Å². The summed E-state index contributed by atoms with van der Waals surface area (Å²) in [4.78, 5) is 30.6. The van der Waals surface area contributed by atoms with Crippen LogP contribution in [0.2, 0.25) is 0 Å². The van der Waals surface area contributed by atoms with Gasteiger partial charge in [-0.15, -0.1) is 11.3 Å². The molecule has 2 heterocycles. The number of carboxylic acids is 1. The summed E-state index contributed by atoms with van der Waals surface area (Å²) >= 11 is 1.40. The number of thiophene rings is 1. The maximum atomic E-state index is 11.9. The van der Waals surface area contributed by atoms with Gasteiger partial charge in [0.15, 0.2) is 0 Å². The first-order valence-corrected chi connectivity index (χ1v) is 6.47. The molecule has 0 aliphatic carbocycles. The van der Waals surface area contributed by atoms with Crippen LogP contribution in [0.1, 0.15) is 37.8 Å². The second-order valence-corrected chi connectivity index (χ2v) is 5.73. The topological polar surface area (TPSA) is 115 Å². The van der Waals surface area contributed by atoms with E-state index in [1.807, 2.05) is 6.92 Å². The van der Waals surface area contributed by atoms with Crippen molar-refractivity contribution in [1.29, 1.82) is 0 Å². The molecule has 0 bridgehead atoms. The molecule has 0 spiro atoms. The number of fused-ring (bicyclic) bond motifs is 1. The summed E-state index contributed by atoms with van der Waals surface area (Å²) in [5.74, 6) is -1.04. The van der Waals surface area contributed by atoms with Crippen molar-refractivity contribution in [3.8, 4) is 0 Å². The molecule has 21 heavy (non-hydrogen) atoms. The summed E-state index contributed by atoms with van der Waals surface area (Å²) in [6, 6.07) is 0. The fourth-order valence-electron chi connectivity index (χ4n) is 1.86. The molecular weight excluding hydrogens is 346 g/mol. The van der Waals surface area contributed by atoms with Gasteiger partial charge in [-0.25, -0.2) is 9.78 Å². The molecule has 4 N–H and O–H groups in total. The number of hydrogen-bond donors (Lipinski definition) is 2. The maximum Gasteiger partial charge on any atom is 1.00 e. The fraction of sp³-hybridized carbons (Fsp3) is 0.417. The van der Waals surface area contributed by atoms with Gasteiger partial charge in [0, 0.05) is 4.88 Å². The van der Waals surface area contributed by atoms with Gasteiger partial charge < -0.3 is 18.4 Å². The molecule has 0 fully saturated rings. The Morgan fingerprint density at radius 2 is 2.00 bits per heavy atom. The molecule has 0 saturated carbocycles. The third kappa shape index (κ3) is 5.84. The van der Waals surface area contributed by atoms with Gasteiger partial charge in [-0.3, -0.25) is 4.79 Å². The Bertz CT molecular complexity index is 691. The van der Waals surface area contributed by atoms with Crippen molar-refractivity contribution in [2.75, 3.05) is 0 Å². The Morgan fingerprint density at radius 3 is 2.48 bits per heavy atom. The third-order valence-electron chi connectivity index (χ3n) is 2.70. The minimum absolute atomic E-state index is 0. The number of aromatic carboxylic acids is 1. The molecule has 6 nitrogen and oxygen atoms in total. The number of nitrogens with one attached hydrogen (secondary N) is 1. The molecular formula is C12H18K2N2O4S. The number of H-pyrrole nitrogens is 1. The van der Waals surface area contributed by atoms with Crippen LogP contribution in [0.15, 0.2) is 4.79 Å². The van der Waals surface area contributed by atoms with E-state index in [2.05, 4.69) is 23.8 Å². The summed E-state index contributed by atoms with van der Waals surface area (Å²) < 4.78 is 0. The van der Waals surface area contributed by atoms with Crippen molar-refractivity contribution in [2.45, 2.75) is 27.2 Å². The first kappa shape index (κ1) is 24.8. The molecule has 2 aromatic rings.